The van der Waals surface area contributed by atoms with Crippen LogP contribution in [0.1, 0.15) is 48.3 Å². The van der Waals surface area contributed by atoms with E-state index in [4.69, 9.17) is 9.15 Å². The molecule has 1 aliphatic rings. The maximum absolute atomic E-state index is 14.2. The molecule has 4 rings (SSSR count). The summed E-state index contributed by atoms with van der Waals surface area (Å²) in [6.45, 7) is 4.31. The van der Waals surface area contributed by atoms with Gasteiger partial charge < -0.3 is 19.2 Å². The molecule has 7 heteroatoms. The average molecular weight is 464 g/mol. The zero-order chi connectivity index (χ0) is 24.2. The summed E-state index contributed by atoms with van der Waals surface area (Å²) in [5, 5.41) is 11.1. The topological polar surface area (TPSA) is 80.0 Å². The summed E-state index contributed by atoms with van der Waals surface area (Å²) in [4.78, 5) is 27.4. The first-order valence-electron chi connectivity index (χ1n) is 11.2. The van der Waals surface area contributed by atoms with Crippen LogP contribution in [-0.2, 0) is 16.1 Å². The molecule has 1 fully saturated rings. The minimum atomic E-state index is -0.876. The van der Waals surface area contributed by atoms with Gasteiger partial charge in [-0.3, -0.25) is 9.59 Å². The van der Waals surface area contributed by atoms with Crippen molar-refractivity contribution in [2.45, 2.75) is 39.3 Å². The zero-order valence-electron chi connectivity index (χ0n) is 19.1. The van der Waals surface area contributed by atoms with Gasteiger partial charge in [0.25, 0.3) is 11.7 Å². The first-order chi connectivity index (χ1) is 16.4. The molecule has 0 aliphatic carbocycles. The number of aryl methyl sites for hydroxylation is 1. The van der Waals surface area contributed by atoms with Crippen LogP contribution in [0.3, 0.4) is 0 Å². The van der Waals surface area contributed by atoms with Crippen LogP contribution in [0.4, 0.5) is 4.39 Å². The van der Waals surface area contributed by atoms with E-state index in [1.165, 1.54) is 23.3 Å². The number of nitrogens with zero attached hydrogens (tertiary/aromatic N) is 1. The van der Waals surface area contributed by atoms with Gasteiger partial charge in [0.2, 0.25) is 0 Å². The van der Waals surface area contributed by atoms with E-state index >= 15 is 0 Å². The maximum Gasteiger partial charge on any atom is 0.296 e. The van der Waals surface area contributed by atoms with Gasteiger partial charge >= 0.3 is 0 Å². The second kappa shape index (κ2) is 9.95. The Morgan fingerprint density at radius 1 is 1.15 bits per heavy atom. The molecule has 6 nitrogen and oxygen atoms in total. The Kier molecular flexibility index (Phi) is 6.82. The Bertz CT molecular complexity index is 1210. The molecule has 1 amide bonds. The number of unbranched alkanes of at least 4 members (excludes halogenated alkanes) is 1. The molecular formula is C27H26FNO5. The number of furan rings is 1. The van der Waals surface area contributed by atoms with Crippen LogP contribution in [0.5, 0.6) is 5.75 Å². The van der Waals surface area contributed by atoms with Crippen molar-refractivity contribution in [3.63, 3.8) is 0 Å². The molecule has 1 atom stereocenters. The standard InChI is InChI=1S/C27H26FNO5/c1-3-4-13-33-20-11-9-18(10-12-20)24-23(25(30)19-8-7-17(2)22(28)15-19)26(31)27(32)29(24)16-21-6-5-14-34-21/h5-12,14-15,24,30H,3-4,13,16H2,1-2H3/b25-23-. The van der Waals surface area contributed by atoms with Crippen molar-refractivity contribution in [1.82, 2.24) is 4.90 Å². The van der Waals surface area contributed by atoms with E-state index in [1.54, 1.807) is 43.3 Å². The number of ketones is 1. The van der Waals surface area contributed by atoms with Gasteiger partial charge in [-0.15, -0.1) is 0 Å². The van der Waals surface area contributed by atoms with Crippen LogP contribution in [0.2, 0.25) is 0 Å². The summed E-state index contributed by atoms with van der Waals surface area (Å²) in [5.74, 6) is -1.38. The number of Topliss-reactive ketones (excluding diaryl/α,β-unsaturated/α-hetero) is 1. The highest BCUT2D eigenvalue weighted by atomic mass is 19.1. The van der Waals surface area contributed by atoms with Crippen molar-refractivity contribution < 1.29 is 28.2 Å². The first kappa shape index (κ1) is 23.3. The summed E-state index contributed by atoms with van der Waals surface area (Å²) in [5.41, 5.74) is 1.05. The van der Waals surface area contributed by atoms with Crippen molar-refractivity contribution in [3.8, 4) is 5.75 Å². The predicted octanol–water partition coefficient (Wildman–Crippen LogP) is 5.53. The summed E-state index contributed by atoms with van der Waals surface area (Å²) in [6, 6.07) is 13.8. The molecule has 1 N–H and O–H groups in total. The van der Waals surface area contributed by atoms with Crippen molar-refractivity contribution in [1.29, 1.82) is 0 Å². The number of hydrogen-bond acceptors (Lipinski definition) is 5. The molecule has 2 aromatic carbocycles. The third-order valence-electron chi connectivity index (χ3n) is 5.85. The third-order valence-corrected chi connectivity index (χ3v) is 5.85. The highest BCUT2D eigenvalue weighted by Gasteiger charge is 2.46. The van der Waals surface area contributed by atoms with Crippen LogP contribution in [0, 0.1) is 12.7 Å². The number of ether oxygens (including phenoxy) is 1. The van der Waals surface area contributed by atoms with Crippen molar-refractivity contribution in [3.05, 3.63) is 94.7 Å². The number of aliphatic hydroxyl groups is 1. The zero-order valence-corrected chi connectivity index (χ0v) is 19.1. The van der Waals surface area contributed by atoms with E-state index in [-0.39, 0.29) is 17.7 Å². The Labute approximate surface area is 197 Å². The molecule has 0 radical (unpaired) electrons. The number of carbonyl (C=O) groups is 2. The molecule has 176 valence electrons. The van der Waals surface area contributed by atoms with Gasteiger partial charge in [-0.2, -0.15) is 0 Å². The third kappa shape index (κ3) is 4.59. The van der Waals surface area contributed by atoms with E-state index in [1.807, 2.05) is 0 Å². The van der Waals surface area contributed by atoms with Crippen LogP contribution < -0.4 is 4.74 Å². The second-order valence-electron chi connectivity index (χ2n) is 8.24. The Morgan fingerprint density at radius 3 is 2.56 bits per heavy atom. The van der Waals surface area contributed by atoms with Gasteiger partial charge in [0.15, 0.2) is 0 Å². The summed E-state index contributed by atoms with van der Waals surface area (Å²) in [6.07, 6.45) is 3.43. The van der Waals surface area contributed by atoms with Crippen molar-refractivity contribution >= 4 is 17.4 Å². The van der Waals surface area contributed by atoms with E-state index in [0.29, 0.717) is 29.2 Å². The summed E-state index contributed by atoms with van der Waals surface area (Å²) >= 11 is 0. The highest BCUT2D eigenvalue weighted by molar-refractivity contribution is 6.46. The fourth-order valence-electron chi connectivity index (χ4n) is 3.94. The lowest BCUT2D eigenvalue weighted by molar-refractivity contribution is -0.140. The minimum absolute atomic E-state index is 0.0377. The van der Waals surface area contributed by atoms with E-state index in [0.717, 1.165) is 18.9 Å². The lowest BCUT2D eigenvalue weighted by Gasteiger charge is -2.24. The van der Waals surface area contributed by atoms with Crippen LogP contribution in [0.25, 0.3) is 5.76 Å². The average Bonchev–Trinajstić information content (AvgIpc) is 3.43. The number of amides is 1. The second-order valence-corrected chi connectivity index (χ2v) is 8.24. The number of aliphatic hydroxyl groups excluding tert-OH is 1. The number of likely N-dealkylation sites (tertiary alicyclic amines) is 1. The Hall–Kier alpha value is -3.87. The van der Waals surface area contributed by atoms with Gasteiger partial charge in [-0.05, 0) is 54.8 Å². The molecule has 1 unspecified atom stereocenters. The number of halogens is 1. The van der Waals surface area contributed by atoms with Gasteiger partial charge in [-0.1, -0.05) is 37.6 Å². The normalized spacial score (nSPS) is 17.4. The quantitative estimate of drug-likeness (QED) is 0.206. The van der Waals surface area contributed by atoms with Gasteiger partial charge in [0.1, 0.15) is 23.1 Å². The monoisotopic (exact) mass is 463 g/mol. The maximum atomic E-state index is 14.2. The van der Waals surface area contributed by atoms with Crippen LogP contribution in [-0.4, -0.2) is 28.3 Å². The first-order valence-corrected chi connectivity index (χ1v) is 11.2. The van der Waals surface area contributed by atoms with E-state index in [9.17, 15) is 19.1 Å². The molecule has 2 heterocycles. The highest BCUT2D eigenvalue weighted by Crippen LogP contribution is 2.40. The largest absolute Gasteiger partial charge is 0.507 e. The lowest BCUT2D eigenvalue weighted by atomic mass is 9.95. The lowest BCUT2D eigenvalue weighted by Crippen LogP contribution is -2.29. The molecule has 0 saturated carbocycles. The number of rotatable bonds is 8. The molecule has 3 aromatic rings. The molecule has 0 spiro atoms. The SMILES string of the molecule is CCCCOc1ccc(C2/C(=C(/O)c3ccc(C)c(F)c3)C(=O)C(=O)N2Cc2ccco2)cc1. The fraction of sp³-hybridized carbons (Fsp3) is 0.259. The van der Waals surface area contributed by atoms with Crippen LogP contribution >= 0.6 is 0 Å². The minimum Gasteiger partial charge on any atom is -0.507 e. The summed E-state index contributed by atoms with van der Waals surface area (Å²) < 4.78 is 25.3. The fourth-order valence-corrected chi connectivity index (χ4v) is 3.94. The predicted molar refractivity (Wildman–Crippen MR) is 125 cm³/mol. The number of benzene rings is 2. The van der Waals surface area contributed by atoms with Gasteiger partial charge in [0, 0.05) is 5.56 Å². The Morgan fingerprint density at radius 2 is 1.91 bits per heavy atom. The number of hydrogen-bond donors (Lipinski definition) is 1. The van der Waals surface area contributed by atoms with Gasteiger partial charge in [-0.25, -0.2) is 4.39 Å². The Balaban J connectivity index is 1.77. The van der Waals surface area contributed by atoms with Crippen molar-refractivity contribution in [2.75, 3.05) is 6.61 Å². The van der Waals surface area contributed by atoms with Gasteiger partial charge in [0.05, 0.1) is 31.0 Å². The van der Waals surface area contributed by atoms with Crippen LogP contribution in [0.15, 0.2) is 70.9 Å². The van der Waals surface area contributed by atoms with E-state index < -0.39 is 29.3 Å². The smallest absolute Gasteiger partial charge is 0.296 e. The summed E-state index contributed by atoms with van der Waals surface area (Å²) in [7, 11) is 0. The molecule has 1 aromatic heterocycles. The van der Waals surface area contributed by atoms with Crippen molar-refractivity contribution in [2.24, 2.45) is 0 Å². The molecular weight excluding hydrogens is 437 g/mol. The number of carbonyl (C=O) groups excluding carboxylic acids is 2. The molecule has 0 bridgehead atoms. The molecule has 1 aliphatic heterocycles. The molecule has 34 heavy (non-hydrogen) atoms. The molecule has 1 saturated heterocycles. The van der Waals surface area contributed by atoms with E-state index in [2.05, 4.69) is 6.92 Å².